The molecule has 3 heteroatoms. The van der Waals surface area contributed by atoms with Crippen LogP contribution in [0.1, 0.15) is 17.5 Å². The Morgan fingerprint density at radius 3 is 2.86 bits per heavy atom. The van der Waals surface area contributed by atoms with E-state index in [-0.39, 0.29) is 6.61 Å². The molecule has 0 bridgehead atoms. The maximum absolute atomic E-state index is 9.05. The predicted molar refractivity (Wildman–Crippen MR) is 57.9 cm³/mol. The average Bonchev–Trinajstić information content (AvgIpc) is 2.20. The minimum Gasteiger partial charge on any atom is -0.392 e. The van der Waals surface area contributed by atoms with Crippen molar-refractivity contribution in [2.75, 3.05) is 6.54 Å². The van der Waals surface area contributed by atoms with Gasteiger partial charge in [0.05, 0.1) is 6.61 Å². The number of nitrogens with two attached hydrogens (primary N) is 1. The molecule has 0 fully saturated rings. The van der Waals surface area contributed by atoms with Crippen LogP contribution in [-0.4, -0.2) is 11.7 Å². The van der Waals surface area contributed by atoms with Crippen LogP contribution in [0.2, 0.25) is 5.02 Å². The maximum atomic E-state index is 9.05. The van der Waals surface area contributed by atoms with Crippen molar-refractivity contribution in [1.29, 1.82) is 0 Å². The van der Waals surface area contributed by atoms with Gasteiger partial charge in [-0.15, -0.1) is 0 Å². The third kappa shape index (κ3) is 3.04. The Bertz CT molecular complexity index is 365. The van der Waals surface area contributed by atoms with Gasteiger partial charge in [-0.05, 0) is 23.8 Å². The molecule has 0 aliphatic heterocycles. The highest BCUT2D eigenvalue weighted by molar-refractivity contribution is 6.30. The van der Waals surface area contributed by atoms with Crippen molar-refractivity contribution in [2.24, 2.45) is 5.73 Å². The topological polar surface area (TPSA) is 46.2 Å². The summed E-state index contributed by atoms with van der Waals surface area (Å²) in [6, 6.07) is 5.28. The number of halogens is 1. The lowest BCUT2D eigenvalue weighted by molar-refractivity contribution is 0.281. The van der Waals surface area contributed by atoms with Crippen LogP contribution in [0, 0.1) is 11.8 Å². The molecule has 0 unspecified atom stereocenters. The highest BCUT2D eigenvalue weighted by Crippen LogP contribution is 2.15. The van der Waals surface area contributed by atoms with Crippen LogP contribution in [0.4, 0.5) is 0 Å². The molecule has 1 aromatic rings. The van der Waals surface area contributed by atoms with Gasteiger partial charge in [0.1, 0.15) is 0 Å². The van der Waals surface area contributed by atoms with Gasteiger partial charge in [-0.2, -0.15) is 0 Å². The molecule has 0 aliphatic rings. The summed E-state index contributed by atoms with van der Waals surface area (Å²) in [5.41, 5.74) is 6.88. The molecule has 0 spiro atoms. The molecule has 0 amide bonds. The molecular formula is C11H12ClNO. The van der Waals surface area contributed by atoms with Crippen molar-refractivity contribution in [3.05, 3.63) is 34.3 Å². The van der Waals surface area contributed by atoms with Gasteiger partial charge in [0.15, 0.2) is 0 Å². The zero-order valence-electron chi connectivity index (χ0n) is 7.76. The van der Waals surface area contributed by atoms with Crippen molar-refractivity contribution in [3.8, 4) is 11.8 Å². The maximum Gasteiger partial charge on any atom is 0.0694 e. The fourth-order valence-electron chi connectivity index (χ4n) is 1.04. The first-order valence-corrected chi connectivity index (χ1v) is 4.74. The van der Waals surface area contributed by atoms with E-state index < -0.39 is 0 Å². The molecule has 0 aliphatic carbocycles. The number of hydrogen-bond acceptors (Lipinski definition) is 2. The van der Waals surface area contributed by atoms with Gasteiger partial charge in [-0.1, -0.05) is 23.4 Å². The summed E-state index contributed by atoms with van der Waals surface area (Å²) < 4.78 is 0. The van der Waals surface area contributed by atoms with Crippen LogP contribution in [0.5, 0.6) is 0 Å². The smallest absolute Gasteiger partial charge is 0.0694 e. The molecule has 1 rings (SSSR count). The zero-order valence-corrected chi connectivity index (χ0v) is 8.51. The quantitative estimate of drug-likeness (QED) is 0.726. The van der Waals surface area contributed by atoms with Gasteiger partial charge >= 0.3 is 0 Å². The third-order valence-corrected chi connectivity index (χ3v) is 1.97. The van der Waals surface area contributed by atoms with E-state index in [1.807, 2.05) is 0 Å². The summed E-state index contributed by atoms with van der Waals surface area (Å²) in [4.78, 5) is 0. The van der Waals surface area contributed by atoms with E-state index in [4.69, 9.17) is 22.4 Å². The molecule has 14 heavy (non-hydrogen) atoms. The van der Waals surface area contributed by atoms with E-state index in [1.165, 1.54) is 0 Å². The zero-order chi connectivity index (χ0) is 10.4. The van der Waals surface area contributed by atoms with E-state index in [1.54, 1.807) is 18.2 Å². The normalized spacial score (nSPS) is 9.36. The molecule has 2 nitrogen and oxygen atoms in total. The lowest BCUT2D eigenvalue weighted by Crippen LogP contribution is -1.95. The highest BCUT2D eigenvalue weighted by atomic mass is 35.5. The van der Waals surface area contributed by atoms with Crippen molar-refractivity contribution < 1.29 is 5.11 Å². The fraction of sp³-hybridized carbons (Fsp3) is 0.273. The van der Waals surface area contributed by atoms with Crippen LogP contribution >= 0.6 is 11.6 Å². The van der Waals surface area contributed by atoms with E-state index in [9.17, 15) is 0 Å². The Morgan fingerprint density at radius 2 is 2.21 bits per heavy atom. The molecule has 0 radical (unpaired) electrons. The summed E-state index contributed by atoms with van der Waals surface area (Å²) in [6.45, 7) is 0.502. The van der Waals surface area contributed by atoms with Gasteiger partial charge in [0.25, 0.3) is 0 Å². The molecule has 0 atom stereocenters. The standard InChI is InChI=1S/C11H12ClNO/c12-11-5-4-9(3-1-2-6-13)10(7-11)8-14/h4-5,7,14H,2,6,8,13H2. The van der Waals surface area contributed by atoms with E-state index >= 15 is 0 Å². The van der Waals surface area contributed by atoms with Gasteiger partial charge < -0.3 is 10.8 Å². The van der Waals surface area contributed by atoms with E-state index in [2.05, 4.69) is 11.8 Å². The van der Waals surface area contributed by atoms with E-state index in [0.717, 1.165) is 11.1 Å². The number of aliphatic hydroxyl groups excluding tert-OH is 1. The minimum absolute atomic E-state index is 0.0484. The first kappa shape index (κ1) is 11.1. The molecule has 1 aromatic carbocycles. The van der Waals surface area contributed by atoms with Crippen molar-refractivity contribution in [1.82, 2.24) is 0 Å². The number of hydrogen-bond donors (Lipinski definition) is 2. The molecular weight excluding hydrogens is 198 g/mol. The first-order valence-electron chi connectivity index (χ1n) is 4.36. The Morgan fingerprint density at radius 1 is 1.43 bits per heavy atom. The van der Waals surface area contributed by atoms with Crippen molar-refractivity contribution in [2.45, 2.75) is 13.0 Å². The SMILES string of the molecule is NCCC#Cc1ccc(Cl)cc1CO. The largest absolute Gasteiger partial charge is 0.392 e. The Labute approximate surface area is 88.7 Å². The summed E-state index contributed by atoms with van der Waals surface area (Å²) >= 11 is 5.78. The summed E-state index contributed by atoms with van der Waals surface area (Å²) in [6.07, 6.45) is 0.660. The van der Waals surface area contributed by atoms with E-state index in [0.29, 0.717) is 18.0 Å². The first-order chi connectivity index (χ1) is 6.77. The van der Waals surface area contributed by atoms with Crippen LogP contribution in [0.15, 0.2) is 18.2 Å². The molecule has 0 saturated heterocycles. The molecule has 0 saturated carbocycles. The second kappa shape index (κ2) is 5.66. The van der Waals surface area contributed by atoms with Crippen molar-refractivity contribution in [3.63, 3.8) is 0 Å². The minimum atomic E-state index is -0.0484. The lowest BCUT2D eigenvalue weighted by Gasteiger charge is -2.00. The Hall–Kier alpha value is -1.01. The third-order valence-electron chi connectivity index (χ3n) is 1.73. The van der Waals surface area contributed by atoms with Gasteiger partial charge in [-0.25, -0.2) is 0 Å². The second-order valence-corrected chi connectivity index (χ2v) is 3.24. The van der Waals surface area contributed by atoms with Crippen molar-refractivity contribution >= 4 is 11.6 Å². The van der Waals surface area contributed by atoms with Gasteiger partial charge in [-0.3, -0.25) is 0 Å². The summed E-state index contributed by atoms with van der Waals surface area (Å²) in [5.74, 6) is 5.86. The molecule has 3 N–H and O–H groups in total. The number of rotatable bonds is 2. The predicted octanol–water partition coefficient (Wildman–Crippen LogP) is 1.53. The monoisotopic (exact) mass is 209 g/mol. The van der Waals surface area contributed by atoms with Gasteiger partial charge in [0.2, 0.25) is 0 Å². The average molecular weight is 210 g/mol. The Balaban J connectivity index is 2.92. The summed E-state index contributed by atoms with van der Waals surface area (Å²) in [7, 11) is 0. The molecule has 74 valence electrons. The lowest BCUT2D eigenvalue weighted by atomic mass is 10.1. The summed E-state index contributed by atoms with van der Waals surface area (Å²) in [5, 5.41) is 9.66. The Kier molecular flexibility index (Phi) is 4.48. The van der Waals surface area contributed by atoms with Crippen LogP contribution in [-0.2, 0) is 6.61 Å². The molecule has 0 aromatic heterocycles. The van der Waals surface area contributed by atoms with Gasteiger partial charge in [0, 0.05) is 23.6 Å². The number of benzene rings is 1. The second-order valence-electron chi connectivity index (χ2n) is 2.80. The fourth-order valence-corrected chi connectivity index (χ4v) is 1.24. The van der Waals surface area contributed by atoms with Crippen LogP contribution < -0.4 is 5.73 Å². The molecule has 0 heterocycles. The number of aliphatic hydroxyl groups is 1. The van der Waals surface area contributed by atoms with Crippen LogP contribution in [0.3, 0.4) is 0 Å². The van der Waals surface area contributed by atoms with Crippen LogP contribution in [0.25, 0.3) is 0 Å². The highest BCUT2D eigenvalue weighted by Gasteiger charge is 1.98.